The summed E-state index contributed by atoms with van der Waals surface area (Å²) in [5, 5.41) is 13.8. The third-order valence-electron chi connectivity index (χ3n) is 5.75. The van der Waals surface area contributed by atoms with Crippen molar-refractivity contribution in [2.75, 3.05) is 46.1 Å². The first-order chi connectivity index (χ1) is 14.9. The molecule has 1 unspecified atom stereocenters. The molecule has 1 atom stereocenters. The van der Waals surface area contributed by atoms with Crippen molar-refractivity contribution in [2.45, 2.75) is 18.9 Å². The van der Waals surface area contributed by atoms with Crippen molar-refractivity contribution in [1.29, 1.82) is 0 Å². The molecule has 32 heavy (non-hydrogen) atoms. The third kappa shape index (κ3) is 6.65. The number of hydrogen-bond acceptors (Lipinski definition) is 6. The van der Waals surface area contributed by atoms with Gasteiger partial charge < -0.3 is 30.5 Å². The van der Waals surface area contributed by atoms with Crippen molar-refractivity contribution in [2.24, 2.45) is 5.92 Å². The van der Waals surface area contributed by atoms with E-state index in [0.29, 0.717) is 41.0 Å². The highest BCUT2D eigenvalue weighted by Crippen LogP contribution is 2.29. The zero-order valence-corrected chi connectivity index (χ0v) is 19.9. The number of amides is 1. The molecule has 0 bridgehead atoms. The summed E-state index contributed by atoms with van der Waals surface area (Å²) in [4.78, 5) is 14.9. The molecule has 1 amide bonds. The Morgan fingerprint density at radius 2 is 1.88 bits per heavy atom. The van der Waals surface area contributed by atoms with Crippen LogP contribution in [0.4, 0.5) is 5.69 Å². The van der Waals surface area contributed by atoms with Gasteiger partial charge in [-0.1, -0.05) is 23.7 Å². The minimum Gasteiger partial charge on any atom is -0.497 e. The van der Waals surface area contributed by atoms with Gasteiger partial charge in [0.2, 0.25) is 0 Å². The van der Waals surface area contributed by atoms with Crippen LogP contribution < -0.4 is 20.5 Å². The Kier molecular flexibility index (Phi) is 9.90. The normalized spacial score (nSPS) is 15.5. The molecule has 2 aromatic rings. The fraction of sp³-hybridized carbons (Fsp3) is 0.435. The summed E-state index contributed by atoms with van der Waals surface area (Å²) in [6.45, 7) is 2.93. The van der Waals surface area contributed by atoms with E-state index in [4.69, 9.17) is 26.8 Å². The van der Waals surface area contributed by atoms with Gasteiger partial charge >= 0.3 is 0 Å². The average molecular weight is 484 g/mol. The number of rotatable bonds is 8. The Morgan fingerprint density at radius 1 is 1.22 bits per heavy atom. The number of nitrogens with two attached hydrogens (primary N) is 1. The zero-order chi connectivity index (χ0) is 22.4. The smallest absolute Gasteiger partial charge is 0.255 e. The summed E-state index contributed by atoms with van der Waals surface area (Å²) in [6, 6.07) is 10.6. The van der Waals surface area contributed by atoms with Crippen LogP contribution in [0.2, 0.25) is 5.02 Å². The second kappa shape index (κ2) is 12.2. The Bertz CT molecular complexity index is 888. The third-order valence-corrected chi connectivity index (χ3v) is 6.08. The molecule has 4 N–H and O–H groups in total. The van der Waals surface area contributed by atoms with Gasteiger partial charge in [-0.25, -0.2) is 0 Å². The molecule has 9 heteroatoms. The first kappa shape index (κ1) is 26.1. The number of halogens is 2. The molecule has 1 aliphatic rings. The standard InChI is InChI=1S/C23H30ClN3O4.ClH/c1-30-17-5-3-16(4-6-17)21(28)14-27-9-7-15(8-10-27)13-26-23(29)18-11-19(24)20(25)12-22(18)31-2;/h3-6,11-12,15,21,28H,7-10,13-14,25H2,1-2H3,(H,26,29);1H. The number of nitrogen functional groups attached to an aromatic ring is 1. The topological polar surface area (TPSA) is 97.1 Å². The van der Waals surface area contributed by atoms with Crippen molar-refractivity contribution >= 4 is 35.6 Å². The van der Waals surface area contributed by atoms with E-state index in [-0.39, 0.29) is 18.3 Å². The Morgan fingerprint density at radius 3 is 2.47 bits per heavy atom. The molecule has 176 valence electrons. The molecule has 0 aromatic heterocycles. The van der Waals surface area contributed by atoms with Crippen molar-refractivity contribution in [3.63, 3.8) is 0 Å². The lowest BCUT2D eigenvalue weighted by atomic mass is 9.96. The second-order valence-electron chi connectivity index (χ2n) is 7.82. The molecule has 1 heterocycles. The van der Waals surface area contributed by atoms with Gasteiger partial charge in [-0.15, -0.1) is 12.4 Å². The van der Waals surface area contributed by atoms with E-state index >= 15 is 0 Å². The number of nitrogens with zero attached hydrogens (tertiary/aromatic N) is 1. The molecule has 0 radical (unpaired) electrons. The number of β-amino-alcohol motifs (C(OH)–C–C–N with tert-alkyl or cyclic N) is 1. The molecule has 3 rings (SSSR count). The first-order valence-corrected chi connectivity index (χ1v) is 10.7. The largest absolute Gasteiger partial charge is 0.497 e. The number of hydrogen-bond donors (Lipinski definition) is 3. The van der Waals surface area contributed by atoms with Gasteiger partial charge in [-0.2, -0.15) is 0 Å². The molecule has 0 aliphatic carbocycles. The predicted octanol–water partition coefficient (Wildman–Crippen LogP) is 3.54. The molecule has 2 aromatic carbocycles. The first-order valence-electron chi connectivity index (χ1n) is 10.4. The highest BCUT2D eigenvalue weighted by atomic mass is 35.5. The summed E-state index contributed by atoms with van der Waals surface area (Å²) >= 11 is 6.06. The van der Waals surface area contributed by atoms with Gasteiger partial charge in [0, 0.05) is 19.2 Å². The minimum absolute atomic E-state index is 0. The number of piperidine rings is 1. The van der Waals surface area contributed by atoms with Crippen LogP contribution in [0.15, 0.2) is 36.4 Å². The number of aliphatic hydroxyl groups excluding tert-OH is 1. The lowest BCUT2D eigenvalue weighted by Gasteiger charge is -2.33. The summed E-state index contributed by atoms with van der Waals surface area (Å²) in [5.74, 6) is 1.34. The number of nitrogens with one attached hydrogen (secondary N) is 1. The molecule has 1 fully saturated rings. The Balaban J connectivity index is 0.00000363. The van der Waals surface area contributed by atoms with Crippen LogP contribution in [0, 0.1) is 5.92 Å². The molecule has 0 saturated carbocycles. The van der Waals surface area contributed by atoms with Crippen molar-refractivity contribution in [1.82, 2.24) is 10.2 Å². The van der Waals surface area contributed by atoms with Crippen molar-refractivity contribution in [3.05, 3.63) is 52.5 Å². The lowest BCUT2D eigenvalue weighted by molar-refractivity contribution is 0.0851. The number of benzene rings is 2. The number of methoxy groups -OCH3 is 2. The Labute approximate surface area is 200 Å². The van der Waals surface area contributed by atoms with Gasteiger partial charge in [0.05, 0.1) is 36.6 Å². The van der Waals surface area contributed by atoms with Crippen molar-refractivity contribution in [3.8, 4) is 11.5 Å². The van der Waals surface area contributed by atoms with Gasteiger partial charge in [0.15, 0.2) is 0 Å². The number of aliphatic hydroxyl groups is 1. The van der Waals surface area contributed by atoms with Crippen LogP contribution in [-0.4, -0.2) is 56.3 Å². The number of anilines is 1. The van der Waals surface area contributed by atoms with E-state index in [1.165, 1.54) is 13.2 Å². The number of ether oxygens (including phenoxy) is 2. The van der Waals surface area contributed by atoms with E-state index in [2.05, 4.69) is 10.2 Å². The van der Waals surface area contributed by atoms with Crippen LogP contribution in [0.3, 0.4) is 0 Å². The maximum absolute atomic E-state index is 12.6. The van der Waals surface area contributed by atoms with Crippen LogP contribution >= 0.6 is 24.0 Å². The lowest BCUT2D eigenvalue weighted by Crippen LogP contribution is -2.40. The van der Waals surface area contributed by atoms with E-state index < -0.39 is 6.10 Å². The van der Waals surface area contributed by atoms with Gasteiger partial charge in [-0.3, -0.25) is 4.79 Å². The fourth-order valence-corrected chi connectivity index (χ4v) is 3.96. The summed E-state index contributed by atoms with van der Waals surface area (Å²) < 4.78 is 10.4. The van der Waals surface area contributed by atoms with Crippen molar-refractivity contribution < 1.29 is 19.4 Å². The SMILES string of the molecule is COc1ccc(C(O)CN2CCC(CNC(=O)c3cc(Cl)c(N)cc3OC)CC2)cc1.Cl. The fourth-order valence-electron chi connectivity index (χ4n) is 3.80. The molecular formula is C23H31Cl2N3O4. The summed E-state index contributed by atoms with van der Waals surface area (Å²) in [5.41, 5.74) is 7.41. The van der Waals surface area contributed by atoms with Gasteiger partial charge in [0.1, 0.15) is 11.5 Å². The zero-order valence-electron chi connectivity index (χ0n) is 18.3. The van der Waals surface area contributed by atoms with Gasteiger partial charge in [-0.05, 0) is 55.6 Å². The highest BCUT2D eigenvalue weighted by Gasteiger charge is 2.23. The summed E-state index contributed by atoms with van der Waals surface area (Å²) in [6.07, 6.45) is 1.37. The maximum atomic E-state index is 12.6. The molecule has 7 nitrogen and oxygen atoms in total. The average Bonchev–Trinajstić information content (AvgIpc) is 2.79. The second-order valence-corrected chi connectivity index (χ2v) is 8.22. The van der Waals surface area contributed by atoms with E-state index in [1.54, 1.807) is 13.2 Å². The van der Waals surface area contributed by atoms with Crippen LogP contribution in [0.5, 0.6) is 11.5 Å². The maximum Gasteiger partial charge on any atom is 0.255 e. The molecule has 1 aliphatic heterocycles. The van der Waals surface area contributed by atoms with Crippen LogP contribution in [0.1, 0.15) is 34.9 Å². The number of carbonyl (C=O) groups is 1. The predicted molar refractivity (Wildman–Crippen MR) is 129 cm³/mol. The minimum atomic E-state index is -0.537. The molecule has 0 spiro atoms. The van der Waals surface area contributed by atoms with E-state index in [9.17, 15) is 9.90 Å². The molecular weight excluding hydrogens is 453 g/mol. The monoisotopic (exact) mass is 483 g/mol. The van der Waals surface area contributed by atoms with E-state index in [1.807, 2.05) is 24.3 Å². The number of likely N-dealkylation sites (tertiary alicyclic amines) is 1. The quantitative estimate of drug-likeness (QED) is 0.496. The number of carbonyl (C=O) groups excluding carboxylic acids is 1. The van der Waals surface area contributed by atoms with Gasteiger partial charge in [0.25, 0.3) is 5.91 Å². The Hall–Kier alpha value is -2.19. The van der Waals surface area contributed by atoms with Crippen LogP contribution in [-0.2, 0) is 0 Å². The molecule has 1 saturated heterocycles. The van der Waals surface area contributed by atoms with Crippen LogP contribution in [0.25, 0.3) is 0 Å². The highest BCUT2D eigenvalue weighted by molar-refractivity contribution is 6.33. The summed E-state index contributed by atoms with van der Waals surface area (Å²) in [7, 11) is 3.12. The van der Waals surface area contributed by atoms with E-state index in [0.717, 1.165) is 37.2 Å².